The van der Waals surface area contributed by atoms with Gasteiger partial charge in [0.2, 0.25) is 0 Å². The van der Waals surface area contributed by atoms with Gasteiger partial charge in [-0.25, -0.2) is 0 Å². The molecule has 33 heavy (non-hydrogen) atoms. The Morgan fingerprint density at radius 3 is 2.24 bits per heavy atom. The topological polar surface area (TPSA) is 53.8 Å². The number of likely N-dealkylation sites (N-methyl/N-ethyl adjacent to an activating group) is 1. The highest BCUT2D eigenvalue weighted by Crippen LogP contribution is 2.21. The van der Waals surface area contributed by atoms with E-state index < -0.39 is 0 Å². The van der Waals surface area contributed by atoms with E-state index in [0.717, 1.165) is 41.0 Å². The molecule has 0 amide bonds. The SMILES string of the molecule is C=C(N=C/C(=C\C)c1ccc(OCCCC(C)C)cc1)c1ccc(CC(NC)C(=C)O)cc1. The number of nitrogens with zero attached hydrogens (tertiary/aromatic N) is 1. The Bertz CT molecular complexity index is 954. The molecule has 2 aromatic rings. The minimum atomic E-state index is -0.161. The van der Waals surface area contributed by atoms with Crippen molar-refractivity contribution in [3.05, 3.63) is 90.2 Å². The number of rotatable bonds is 13. The first-order valence-electron chi connectivity index (χ1n) is 11.6. The standard InChI is InChI=1S/C29H38N2O2/c1-7-25(27-14-16-28(17-15-27)33-18-8-9-21(2)3)20-31-22(4)26-12-10-24(11-13-26)19-29(30-6)23(5)32/h7,10-17,20-21,29-30,32H,4-5,8-9,18-19H2,1-3,6H3/b25-7+,31-20?. The molecule has 2 rings (SSSR count). The van der Waals surface area contributed by atoms with Crippen LogP contribution in [0.1, 0.15) is 50.3 Å². The molecule has 0 bridgehead atoms. The third kappa shape index (κ3) is 8.74. The number of allylic oxidation sites excluding steroid dienone is 2. The molecule has 0 saturated heterocycles. The average molecular weight is 447 g/mol. The molecule has 0 fully saturated rings. The van der Waals surface area contributed by atoms with Crippen molar-refractivity contribution in [3.63, 3.8) is 0 Å². The molecule has 0 spiro atoms. The van der Waals surface area contributed by atoms with Crippen LogP contribution in [0.15, 0.2) is 78.5 Å². The van der Waals surface area contributed by atoms with Gasteiger partial charge in [0.05, 0.1) is 18.3 Å². The van der Waals surface area contributed by atoms with Gasteiger partial charge in [0.15, 0.2) is 0 Å². The van der Waals surface area contributed by atoms with E-state index in [4.69, 9.17) is 4.74 Å². The molecule has 1 unspecified atom stereocenters. The Morgan fingerprint density at radius 2 is 1.70 bits per heavy atom. The molecule has 4 heteroatoms. The lowest BCUT2D eigenvalue weighted by atomic mass is 10.0. The van der Waals surface area contributed by atoms with Crippen molar-refractivity contribution in [2.24, 2.45) is 10.9 Å². The molecular formula is C29H38N2O2. The molecule has 0 aliphatic carbocycles. The van der Waals surface area contributed by atoms with E-state index in [9.17, 15) is 5.11 Å². The van der Waals surface area contributed by atoms with Gasteiger partial charge in [-0.15, -0.1) is 0 Å². The molecule has 0 heterocycles. The summed E-state index contributed by atoms with van der Waals surface area (Å²) in [6.45, 7) is 14.9. The zero-order chi connectivity index (χ0) is 24.2. The van der Waals surface area contributed by atoms with Crippen molar-refractivity contribution in [3.8, 4) is 5.75 Å². The van der Waals surface area contributed by atoms with E-state index in [2.05, 4.69) is 49.4 Å². The summed E-state index contributed by atoms with van der Waals surface area (Å²) in [6, 6.07) is 16.0. The zero-order valence-electron chi connectivity index (χ0n) is 20.5. The second-order valence-corrected chi connectivity index (χ2v) is 8.59. The highest BCUT2D eigenvalue weighted by Gasteiger charge is 2.10. The fourth-order valence-corrected chi connectivity index (χ4v) is 3.42. The second-order valence-electron chi connectivity index (χ2n) is 8.59. The van der Waals surface area contributed by atoms with Crippen molar-refractivity contribution in [2.45, 2.75) is 46.1 Å². The van der Waals surface area contributed by atoms with Crippen LogP contribution in [0.3, 0.4) is 0 Å². The molecular weight excluding hydrogens is 408 g/mol. The lowest BCUT2D eigenvalue weighted by Crippen LogP contribution is -2.29. The molecule has 2 aromatic carbocycles. The lowest BCUT2D eigenvalue weighted by Gasteiger charge is -2.14. The predicted octanol–water partition coefficient (Wildman–Crippen LogP) is 6.85. The Kier molecular flexibility index (Phi) is 10.6. The fourth-order valence-electron chi connectivity index (χ4n) is 3.42. The summed E-state index contributed by atoms with van der Waals surface area (Å²) >= 11 is 0. The summed E-state index contributed by atoms with van der Waals surface area (Å²) in [7, 11) is 1.81. The number of hydrogen-bond donors (Lipinski definition) is 2. The highest BCUT2D eigenvalue weighted by molar-refractivity contribution is 6.11. The normalized spacial score (nSPS) is 12.8. The summed E-state index contributed by atoms with van der Waals surface area (Å²) in [6.07, 6.45) is 6.81. The second kappa shape index (κ2) is 13.4. The molecule has 0 saturated carbocycles. The van der Waals surface area contributed by atoms with E-state index in [1.165, 1.54) is 6.42 Å². The van der Waals surface area contributed by atoms with Crippen molar-refractivity contribution < 1.29 is 9.84 Å². The van der Waals surface area contributed by atoms with Gasteiger partial charge in [-0.05, 0) is 73.5 Å². The van der Waals surface area contributed by atoms with Gasteiger partial charge in [0.1, 0.15) is 11.5 Å². The quantitative estimate of drug-likeness (QED) is 0.201. The first kappa shape index (κ1) is 26.1. The Morgan fingerprint density at radius 1 is 1.06 bits per heavy atom. The van der Waals surface area contributed by atoms with E-state index in [-0.39, 0.29) is 11.8 Å². The van der Waals surface area contributed by atoms with Crippen molar-refractivity contribution in [1.82, 2.24) is 5.32 Å². The summed E-state index contributed by atoms with van der Waals surface area (Å²) in [5.41, 5.74) is 4.87. The van der Waals surface area contributed by atoms with Gasteiger partial charge in [0, 0.05) is 6.21 Å². The van der Waals surface area contributed by atoms with Crippen LogP contribution in [0, 0.1) is 5.92 Å². The molecule has 176 valence electrons. The van der Waals surface area contributed by atoms with Crippen LogP contribution in [0.2, 0.25) is 0 Å². The third-order valence-corrected chi connectivity index (χ3v) is 5.53. The van der Waals surface area contributed by atoms with Crippen LogP contribution in [-0.2, 0) is 6.42 Å². The molecule has 0 aliphatic heterocycles. The number of aliphatic hydroxyl groups is 1. The number of hydrogen-bond acceptors (Lipinski definition) is 4. The van der Waals surface area contributed by atoms with Crippen molar-refractivity contribution in [2.75, 3.05) is 13.7 Å². The zero-order valence-corrected chi connectivity index (χ0v) is 20.5. The molecule has 4 nitrogen and oxygen atoms in total. The maximum atomic E-state index is 9.63. The van der Waals surface area contributed by atoms with Crippen LogP contribution in [0.4, 0.5) is 0 Å². The number of aliphatic imine (C=N–C) groups is 1. The number of aliphatic hydroxyl groups excluding tert-OH is 1. The summed E-state index contributed by atoms with van der Waals surface area (Å²) in [5.74, 6) is 1.74. The lowest BCUT2D eigenvalue weighted by molar-refractivity contribution is 0.297. The number of nitrogens with one attached hydrogen (secondary N) is 1. The van der Waals surface area contributed by atoms with Crippen LogP contribution < -0.4 is 10.1 Å². The third-order valence-electron chi connectivity index (χ3n) is 5.53. The Balaban J connectivity index is 1.96. The number of ether oxygens (including phenoxy) is 1. The van der Waals surface area contributed by atoms with Gasteiger partial charge in [-0.1, -0.05) is 69.5 Å². The fraction of sp³-hybridized carbons (Fsp3) is 0.345. The summed E-state index contributed by atoms with van der Waals surface area (Å²) < 4.78 is 5.84. The van der Waals surface area contributed by atoms with E-state index in [1.54, 1.807) is 0 Å². The Labute approximate surface area is 199 Å². The highest BCUT2D eigenvalue weighted by atomic mass is 16.5. The molecule has 2 N–H and O–H groups in total. The first-order valence-corrected chi connectivity index (χ1v) is 11.6. The largest absolute Gasteiger partial charge is 0.511 e. The van der Waals surface area contributed by atoms with E-state index >= 15 is 0 Å². The molecule has 0 radical (unpaired) electrons. The maximum Gasteiger partial charge on any atom is 0.119 e. The minimum Gasteiger partial charge on any atom is -0.511 e. The molecule has 1 atom stereocenters. The summed E-state index contributed by atoms with van der Waals surface area (Å²) in [5, 5.41) is 12.7. The van der Waals surface area contributed by atoms with Crippen LogP contribution in [0.5, 0.6) is 5.75 Å². The molecule has 0 aromatic heterocycles. The first-order chi connectivity index (χ1) is 15.8. The minimum absolute atomic E-state index is 0.139. The van der Waals surface area contributed by atoms with Crippen molar-refractivity contribution >= 4 is 17.5 Å². The van der Waals surface area contributed by atoms with Crippen LogP contribution in [-0.4, -0.2) is 31.0 Å². The van der Waals surface area contributed by atoms with Gasteiger partial charge in [0.25, 0.3) is 0 Å². The van der Waals surface area contributed by atoms with E-state index in [1.807, 2.05) is 62.7 Å². The van der Waals surface area contributed by atoms with Crippen molar-refractivity contribution in [1.29, 1.82) is 0 Å². The van der Waals surface area contributed by atoms with Gasteiger partial charge < -0.3 is 15.2 Å². The average Bonchev–Trinajstić information content (AvgIpc) is 2.81. The van der Waals surface area contributed by atoms with Crippen LogP contribution in [0.25, 0.3) is 11.3 Å². The van der Waals surface area contributed by atoms with Gasteiger partial charge in [-0.2, -0.15) is 0 Å². The van der Waals surface area contributed by atoms with Gasteiger partial charge >= 0.3 is 0 Å². The van der Waals surface area contributed by atoms with E-state index in [0.29, 0.717) is 18.0 Å². The molecule has 0 aliphatic rings. The predicted molar refractivity (Wildman–Crippen MR) is 142 cm³/mol. The number of benzene rings is 2. The van der Waals surface area contributed by atoms with Gasteiger partial charge in [-0.3, -0.25) is 4.99 Å². The maximum absolute atomic E-state index is 9.63. The Hall–Kier alpha value is -3.11. The van der Waals surface area contributed by atoms with Crippen LogP contribution >= 0.6 is 0 Å². The summed E-state index contributed by atoms with van der Waals surface area (Å²) in [4.78, 5) is 4.59. The monoisotopic (exact) mass is 446 g/mol. The smallest absolute Gasteiger partial charge is 0.119 e.